The van der Waals surface area contributed by atoms with Crippen LogP contribution in [0.25, 0.3) is 0 Å². The van der Waals surface area contributed by atoms with Gasteiger partial charge in [0.15, 0.2) is 0 Å². The van der Waals surface area contributed by atoms with E-state index in [4.69, 9.17) is 4.74 Å². The van der Waals surface area contributed by atoms with Crippen LogP contribution in [0, 0.1) is 5.92 Å². The Morgan fingerprint density at radius 2 is 1.93 bits per heavy atom. The van der Waals surface area contributed by atoms with Gasteiger partial charge in [0.25, 0.3) is 0 Å². The van der Waals surface area contributed by atoms with Crippen molar-refractivity contribution < 1.29 is 4.74 Å². The first-order chi connectivity index (χ1) is 6.55. The van der Waals surface area contributed by atoms with Crippen LogP contribution in [0.2, 0.25) is 0 Å². The molecule has 0 radical (unpaired) electrons. The molecule has 0 aliphatic heterocycles. The summed E-state index contributed by atoms with van der Waals surface area (Å²) in [4.78, 5) is 0. The molecule has 0 aliphatic carbocycles. The van der Waals surface area contributed by atoms with E-state index in [1.807, 2.05) is 7.05 Å². The lowest BCUT2D eigenvalue weighted by Crippen LogP contribution is -2.26. The molecule has 2 nitrogen and oxygen atoms in total. The van der Waals surface area contributed by atoms with Crippen molar-refractivity contribution in [2.45, 2.75) is 52.1 Å². The third kappa shape index (κ3) is 6.39. The van der Waals surface area contributed by atoms with Crippen LogP contribution in [0.4, 0.5) is 0 Å². The van der Waals surface area contributed by atoms with Crippen LogP contribution in [0.5, 0.6) is 0 Å². The first-order valence-corrected chi connectivity index (χ1v) is 5.75. The highest BCUT2D eigenvalue weighted by molar-refractivity contribution is 4.71. The molecule has 1 N–H and O–H groups in total. The average molecular weight is 201 g/mol. The normalized spacial score (nSPS) is 14.4. The molecule has 1 unspecified atom stereocenters. The Kier molecular flexibility index (Phi) is 7.20. The molecule has 0 spiro atoms. The fourth-order valence-corrected chi connectivity index (χ4v) is 1.70. The van der Waals surface area contributed by atoms with E-state index >= 15 is 0 Å². The van der Waals surface area contributed by atoms with Crippen LogP contribution in [-0.2, 0) is 4.74 Å². The summed E-state index contributed by atoms with van der Waals surface area (Å²) >= 11 is 0. The number of methoxy groups -OCH3 is 1. The minimum absolute atomic E-state index is 0.0414. The maximum Gasteiger partial charge on any atom is 0.0622 e. The van der Waals surface area contributed by atoms with Crippen molar-refractivity contribution in [2.24, 2.45) is 5.92 Å². The number of hydrogen-bond acceptors (Lipinski definition) is 2. The first kappa shape index (κ1) is 13.9. The van der Waals surface area contributed by atoms with Gasteiger partial charge in [0.1, 0.15) is 0 Å². The summed E-state index contributed by atoms with van der Waals surface area (Å²) in [5.41, 5.74) is 0.0414. The highest BCUT2D eigenvalue weighted by atomic mass is 16.5. The third-order valence-electron chi connectivity index (χ3n) is 2.90. The summed E-state index contributed by atoms with van der Waals surface area (Å²) in [6.07, 6.45) is 5.01. The van der Waals surface area contributed by atoms with E-state index in [1.165, 1.54) is 19.3 Å². The van der Waals surface area contributed by atoms with Crippen LogP contribution in [0.3, 0.4) is 0 Å². The molecule has 0 aromatic carbocycles. The lowest BCUT2D eigenvalue weighted by molar-refractivity contribution is 0.0101. The minimum atomic E-state index is 0.0414. The maximum atomic E-state index is 5.42. The van der Waals surface area contributed by atoms with Crippen molar-refractivity contribution in [1.29, 1.82) is 0 Å². The second-order valence-electron chi connectivity index (χ2n) is 4.71. The van der Waals surface area contributed by atoms with Crippen LogP contribution >= 0.6 is 0 Å². The van der Waals surface area contributed by atoms with Gasteiger partial charge in [0.2, 0.25) is 0 Å². The van der Waals surface area contributed by atoms with E-state index in [0.717, 1.165) is 18.9 Å². The number of ether oxygens (including phenoxy) is 1. The van der Waals surface area contributed by atoms with Gasteiger partial charge in [-0.15, -0.1) is 0 Å². The van der Waals surface area contributed by atoms with Gasteiger partial charge >= 0.3 is 0 Å². The molecule has 0 aromatic rings. The van der Waals surface area contributed by atoms with Crippen molar-refractivity contribution in [3.63, 3.8) is 0 Å². The monoisotopic (exact) mass is 201 g/mol. The van der Waals surface area contributed by atoms with Gasteiger partial charge in [-0.2, -0.15) is 0 Å². The smallest absolute Gasteiger partial charge is 0.0622 e. The zero-order valence-corrected chi connectivity index (χ0v) is 10.5. The minimum Gasteiger partial charge on any atom is -0.379 e. The predicted octanol–water partition coefficient (Wildman–Crippen LogP) is 2.83. The fourth-order valence-electron chi connectivity index (χ4n) is 1.70. The van der Waals surface area contributed by atoms with Crippen LogP contribution in [0.15, 0.2) is 0 Å². The molecule has 0 aromatic heterocycles. The van der Waals surface area contributed by atoms with Crippen molar-refractivity contribution in [3.05, 3.63) is 0 Å². The second-order valence-corrected chi connectivity index (χ2v) is 4.71. The van der Waals surface area contributed by atoms with Crippen LogP contribution in [-0.4, -0.2) is 26.3 Å². The van der Waals surface area contributed by atoms with Gasteiger partial charge in [0, 0.05) is 7.11 Å². The molecule has 0 heterocycles. The molecule has 2 heteroatoms. The SMILES string of the molecule is CCCC(CCC(C)(C)OC)CNC. The maximum absolute atomic E-state index is 5.42. The molecule has 0 aliphatic rings. The predicted molar refractivity (Wildman–Crippen MR) is 62.6 cm³/mol. The Hall–Kier alpha value is -0.0800. The van der Waals surface area contributed by atoms with Crippen LogP contribution < -0.4 is 5.32 Å². The summed E-state index contributed by atoms with van der Waals surface area (Å²) in [6.45, 7) is 7.71. The summed E-state index contributed by atoms with van der Waals surface area (Å²) in [5.74, 6) is 0.805. The quantitative estimate of drug-likeness (QED) is 0.652. The van der Waals surface area contributed by atoms with Gasteiger partial charge < -0.3 is 10.1 Å². The molecule has 0 amide bonds. The Bertz CT molecular complexity index is 128. The number of nitrogens with one attached hydrogen (secondary N) is 1. The Labute approximate surface area is 89.4 Å². The van der Waals surface area contributed by atoms with Crippen molar-refractivity contribution in [1.82, 2.24) is 5.32 Å². The fraction of sp³-hybridized carbons (Fsp3) is 1.00. The number of hydrogen-bond donors (Lipinski definition) is 1. The highest BCUT2D eigenvalue weighted by Gasteiger charge is 2.18. The molecule has 0 saturated carbocycles. The summed E-state index contributed by atoms with van der Waals surface area (Å²) in [5, 5.41) is 3.27. The first-order valence-electron chi connectivity index (χ1n) is 5.75. The lowest BCUT2D eigenvalue weighted by atomic mass is 9.92. The molecular formula is C12H27NO. The van der Waals surface area contributed by atoms with Crippen molar-refractivity contribution >= 4 is 0 Å². The van der Waals surface area contributed by atoms with Gasteiger partial charge in [-0.05, 0) is 52.6 Å². The van der Waals surface area contributed by atoms with Crippen LogP contribution in [0.1, 0.15) is 46.5 Å². The molecule has 14 heavy (non-hydrogen) atoms. The lowest BCUT2D eigenvalue weighted by Gasteiger charge is -2.25. The van der Waals surface area contributed by atoms with E-state index in [2.05, 4.69) is 26.1 Å². The second kappa shape index (κ2) is 7.24. The van der Waals surface area contributed by atoms with E-state index < -0.39 is 0 Å². The Morgan fingerprint density at radius 1 is 1.29 bits per heavy atom. The average Bonchev–Trinajstić information content (AvgIpc) is 2.15. The Morgan fingerprint density at radius 3 is 2.36 bits per heavy atom. The zero-order chi connectivity index (χ0) is 11.0. The molecule has 0 bridgehead atoms. The van der Waals surface area contributed by atoms with E-state index in [9.17, 15) is 0 Å². The summed E-state index contributed by atoms with van der Waals surface area (Å²) < 4.78 is 5.42. The third-order valence-corrected chi connectivity index (χ3v) is 2.90. The molecular weight excluding hydrogens is 174 g/mol. The van der Waals surface area contributed by atoms with E-state index in [0.29, 0.717) is 0 Å². The van der Waals surface area contributed by atoms with Gasteiger partial charge in [-0.1, -0.05) is 13.3 Å². The molecule has 1 atom stereocenters. The molecule has 0 rings (SSSR count). The van der Waals surface area contributed by atoms with E-state index in [1.54, 1.807) is 7.11 Å². The highest BCUT2D eigenvalue weighted by Crippen LogP contribution is 2.21. The van der Waals surface area contributed by atoms with Crippen molar-refractivity contribution in [2.75, 3.05) is 20.7 Å². The largest absolute Gasteiger partial charge is 0.379 e. The molecule has 0 saturated heterocycles. The Balaban J connectivity index is 3.80. The van der Waals surface area contributed by atoms with Gasteiger partial charge in [-0.25, -0.2) is 0 Å². The number of rotatable bonds is 8. The molecule has 86 valence electrons. The molecule has 0 fully saturated rings. The summed E-state index contributed by atoms with van der Waals surface area (Å²) in [7, 11) is 3.83. The summed E-state index contributed by atoms with van der Waals surface area (Å²) in [6, 6.07) is 0. The van der Waals surface area contributed by atoms with E-state index in [-0.39, 0.29) is 5.60 Å². The zero-order valence-electron chi connectivity index (χ0n) is 10.5. The van der Waals surface area contributed by atoms with Gasteiger partial charge in [0.05, 0.1) is 5.60 Å². The van der Waals surface area contributed by atoms with Crippen molar-refractivity contribution in [3.8, 4) is 0 Å². The van der Waals surface area contributed by atoms with Gasteiger partial charge in [-0.3, -0.25) is 0 Å². The standard InChI is InChI=1S/C12H27NO/c1-6-7-11(10-13-4)8-9-12(2,3)14-5/h11,13H,6-10H2,1-5H3. The topological polar surface area (TPSA) is 21.3 Å².